The first kappa shape index (κ1) is 16.2. The molecule has 1 aromatic heterocycles. The van der Waals surface area contributed by atoms with Crippen LogP contribution in [0.4, 0.5) is 5.82 Å². The minimum absolute atomic E-state index is 0.188. The molecular weight excluding hydrogens is 326 g/mol. The van der Waals surface area contributed by atoms with E-state index in [0.717, 1.165) is 34.9 Å². The van der Waals surface area contributed by atoms with Gasteiger partial charge in [0.05, 0.1) is 5.54 Å². The van der Waals surface area contributed by atoms with Crippen LogP contribution in [-0.4, -0.2) is 10.1 Å². The fourth-order valence-electron chi connectivity index (χ4n) is 3.27. The maximum atomic E-state index is 6.44. The molecule has 0 bridgehead atoms. The van der Waals surface area contributed by atoms with Crippen molar-refractivity contribution in [2.24, 2.45) is 0 Å². The van der Waals surface area contributed by atoms with Gasteiger partial charge in [-0.15, -0.1) is 0 Å². The highest BCUT2D eigenvalue weighted by Gasteiger charge is 2.37. The molecule has 3 rings (SSSR count). The number of halogens is 1. The topological polar surface area (TPSA) is 37.0 Å². The standard InChI is InChI=1S/C18H20ClN3S/c1-13-7-6-10-16(20-13)21-17(23)22-18(11-4-5-12-18)14-8-2-3-9-15(14)19/h2-3,6-10H,4-5,11-12H2,1H3,(H2,20,21,22,23). The lowest BCUT2D eigenvalue weighted by Gasteiger charge is -2.33. The molecule has 1 aromatic carbocycles. The Morgan fingerprint density at radius 2 is 1.87 bits per heavy atom. The van der Waals surface area contributed by atoms with E-state index in [1.165, 1.54) is 12.8 Å². The third-order valence-corrected chi connectivity index (χ3v) is 4.86. The summed E-state index contributed by atoms with van der Waals surface area (Å²) in [7, 11) is 0. The second-order valence-electron chi connectivity index (χ2n) is 6.01. The first-order chi connectivity index (χ1) is 11.1. The van der Waals surface area contributed by atoms with Gasteiger partial charge in [0, 0.05) is 10.7 Å². The number of pyridine rings is 1. The van der Waals surface area contributed by atoms with Crippen molar-refractivity contribution in [1.82, 2.24) is 10.3 Å². The highest BCUT2D eigenvalue weighted by molar-refractivity contribution is 7.80. The molecule has 1 fully saturated rings. The van der Waals surface area contributed by atoms with Gasteiger partial charge < -0.3 is 10.6 Å². The second kappa shape index (κ2) is 6.85. The van der Waals surface area contributed by atoms with Crippen molar-refractivity contribution in [3.8, 4) is 0 Å². The van der Waals surface area contributed by atoms with Gasteiger partial charge >= 0.3 is 0 Å². The molecule has 3 nitrogen and oxygen atoms in total. The zero-order valence-electron chi connectivity index (χ0n) is 13.1. The van der Waals surface area contributed by atoms with Gasteiger partial charge in [-0.25, -0.2) is 4.98 Å². The fourth-order valence-corrected chi connectivity index (χ4v) is 3.88. The van der Waals surface area contributed by atoms with Crippen LogP contribution in [0.1, 0.15) is 36.9 Å². The molecule has 120 valence electrons. The third-order valence-electron chi connectivity index (χ3n) is 4.33. The Morgan fingerprint density at radius 1 is 1.13 bits per heavy atom. The molecule has 0 amide bonds. The molecule has 2 N–H and O–H groups in total. The molecule has 0 aliphatic heterocycles. The summed E-state index contributed by atoms with van der Waals surface area (Å²) in [5.74, 6) is 0.759. The fraction of sp³-hybridized carbons (Fsp3) is 0.333. The Hall–Kier alpha value is -1.65. The van der Waals surface area contributed by atoms with E-state index in [2.05, 4.69) is 21.7 Å². The summed E-state index contributed by atoms with van der Waals surface area (Å²) < 4.78 is 0. The number of aryl methyl sites for hydroxylation is 1. The molecule has 0 atom stereocenters. The van der Waals surface area contributed by atoms with Gasteiger partial charge in [0.15, 0.2) is 5.11 Å². The van der Waals surface area contributed by atoms with E-state index in [9.17, 15) is 0 Å². The SMILES string of the molecule is Cc1cccc(NC(=S)NC2(c3ccccc3Cl)CCCC2)n1. The van der Waals surface area contributed by atoms with E-state index in [1.807, 2.05) is 43.3 Å². The summed E-state index contributed by atoms with van der Waals surface area (Å²) >= 11 is 12.0. The summed E-state index contributed by atoms with van der Waals surface area (Å²) in [5, 5.41) is 8.08. The summed E-state index contributed by atoms with van der Waals surface area (Å²) in [6.07, 6.45) is 4.40. The Balaban J connectivity index is 1.80. The van der Waals surface area contributed by atoms with Crippen molar-refractivity contribution in [3.05, 3.63) is 58.7 Å². The average molecular weight is 346 g/mol. The first-order valence-electron chi connectivity index (χ1n) is 7.87. The number of nitrogens with zero attached hydrogens (tertiary/aromatic N) is 1. The molecule has 0 radical (unpaired) electrons. The van der Waals surface area contributed by atoms with Crippen LogP contribution in [0.15, 0.2) is 42.5 Å². The van der Waals surface area contributed by atoms with Crippen molar-refractivity contribution in [2.75, 3.05) is 5.32 Å². The van der Waals surface area contributed by atoms with E-state index >= 15 is 0 Å². The van der Waals surface area contributed by atoms with E-state index in [1.54, 1.807) is 0 Å². The van der Waals surface area contributed by atoms with Crippen molar-refractivity contribution >= 4 is 34.7 Å². The average Bonchev–Trinajstić information content (AvgIpc) is 2.97. The van der Waals surface area contributed by atoms with Crippen LogP contribution in [0.25, 0.3) is 0 Å². The molecule has 1 aliphatic rings. The van der Waals surface area contributed by atoms with E-state index in [-0.39, 0.29) is 5.54 Å². The van der Waals surface area contributed by atoms with Gasteiger partial charge in [-0.1, -0.05) is 48.7 Å². The summed E-state index contributed by atoms with van der Waals surface area (Å²) in [5.41, 5.74) is 1.90. The lowest BCUT2D eigenvalue weighted by molar-refractivity contribution is 0.408. The van der Waals surface area contributed by atoms with Gasteiger partial charge in [-0.05, 0) is 55.7 Å². The molecular formula is C18H20ClN3S. The Morgan fingerprint density at radius 3 is 2.57 bits per heavy atom. The third kappa shape index (κ3) is 3.65. The van der Waals surface area contributed by atoms with Crippen LogP contribution >= 0.6 is 23.8 Å². The molecule has 2 aromatic rings. The van der Waals surface area contributed by atoms with Crippen molar-refractivity contribution in [3.63, 3.8) is 0 Å². The monoisotopic (exact) mass is 345 g/mol. The van der Waals surface area contributed by atoms with Crippen LogP contribution in [0.5, 0.6) is 0 Å². The lowest BCUT2D eigenvalue weighted by Crippen LogP contribution is -2.46. The number of thiocarbonyl (C=S) groups is 1. The molecule has 23 heavy (non-hydrogen) atoms. The number of anilines is 1. The van der Waals surface area contributed by atoms with E-state index in [4.69, 9.17) is 23.8 Å². The summed E-state index contributed by atoms with van der Waals surface area (Å²) in [6.45, 7) is 1.96. The number of aromatic nitrogens is 1. The Kier molecular flexibility index (Phi) is 4.83. The minimum Gasteiger partial charge on any atom is -0.353 e. The van der Waals surface area contributed by atoms with Gasteiger partial charge in [0.25, 0.3) is 0 Å². The Labute approximate surface area is 147 Å². The number of benzene rings is 1. The predicted molar refractivity (Wildman–Crippen MR) is 99.9 cm³/mol. The quantitative estimate of drug-likeness (QED) is 0.783. The van der Waals surface area contributed by atoms with Crippen LogP contribution < -0.4 is 10.6 Å². The van der Waals surface area contributed by atoms with Gasteiger partial charge in [0.1, 0.15) is 5.82 Å². The molecule has 0 spiro atoms. The number of rotatable bonds is 3. The highest BCUT2D eigenvalue weighted by Crippen LogP contribution is 2.41. The normalized spacial score (nSPS) is 16.1. The first-order valence-corrected chi connectivity index (χ1v) is 8.66. The molecule has 0 unspecified atom stereocenters. The summed E-state index contributed by atoms with van der Waals surface area (Å²) in [4.78, 5) is 4.44. The molecule has 1 heterocycles. The zero-order chi connectivity index (χ0) is 16.3. The maximum absolute atomic E-state index is 6.44. The van der Waals surface area contributed by atoms with Gasteiger partial charge in [-0.2, -0.15) is 0 Å². The van der Waals surface area contributed by atoms with E-state index in [0.29, 0.717) is 5.11 Å². The lowest BCUT2D eigenvalue weighted by atomic mass is 9.88. The van der Waals surface area contributed by atoms with Crippen molar-refractivity contribution in [2.45, 2.75) is 38.1 Å². The van der Waals surface area contributed by atoms with Crippen LogP contribution in [0, 0.1) is 6.92 Å². The van der Waals surface area contributed by atoms with Crippen molar-refractivity contribution < 1.29 is 0 Å². The molecule has 1 saturated carbocycles. The van der Waals surface area contributed by atoms with Gasteiger partial charge in [0.2, 0.25) is 0 Å². The number of hydrogen-bond donors (Lipinski definition) is 2. The van der Waals surface area contributed by atoms with Crippen molar-refractivity contribution in [1.29, 1.82) is 0 Å². The highest BCUT2D eigenvalue weighted by atomic mass is 35.5. The van der Waals surface area contributed by atoms with Crippen LogP contribution in [0.3, 0.4) is 0 Å². The second-order valence-corrected chi connectivity index (χ2v) is 6.83. The largest absolute Gasteiger partial charge is 0.353 e. The van der Waals surface area contributed by atoms with Crippen LogP contribution in [0.2, 0.25) is 5.02 Å². The van der Waals surface area contributed by atoms with Gasteiger partial charge in [-0.3, -0.25) is 0 Å². The molecule has 0 saturated heterocycles. The van der Waals surface area contributed by atoms with E-state index < -0.39 is 0 Å². The Bertz CT molecular complexity index is 711. The zero-order valence-corrected chi connectivity index (χ0v) is 14.7. The molecule has 1 aliphatic carbocycles. The number of hydrogen-bond acceptors (Lipinski definition) is 2. The summed E-state index contributed by atoms with van der Waals surface area (Å²) in [6, 6.07) is 13.9. The predicted octanol–water partition coefficient (Wildman–Crippen LogP) is 4.80. The number of nitrogens with one attached hydrogen (secondary N) is 2. The molecule has 5 heteroatoms. The maximum Gasteiger partial charge on any atom is 0.172 e. The smallest absolute Gasteiger partial charge is 0.172 e. The van der Waals surface area contributed by atoms with Crippen LogP contribution in [-0.2, 0) is 5.54 Å². The minimum atomic E-state index is -0.188.